The molecule has 3 aromatic rings. The lowest BCUT2D eigenvalue weighted by molar-refractivity contribution is 0.288. The Balaban J connectivity index is 1.43. The summed E-state index contributed by atoms with van der Waals surface area (Å²) in [7, 11) is -3.45. The van der Waals surface area contributed by atoms with E-state index < -0.39 is 10.0 Å². The van der Waals surface area contributed by atoms with Crippen LogP contribution in [-0.2, 0) is 10.0 Å². The first-order chi connectivity index (χ1) is 14.9. The Morgan fingerprint density at radius 3 is 2.58 bits per heavy atom. The average Bonchev–Trinajstić information content (AvgIpc) is 3.24. The van der Waals surface area contributed by atoms with Crippen LogP contribution in [0.2, 0.25) is 5.02 Å². The first-order valence-electron chi connectivity index (χ1n) is 10.0. The molecule has 2 aromatic carbocycles. The Morgan fingerprint density at radius 1 is 1.16 bits per heavy atom. The number of aromatic nitrogens is 1. The molecule has 0 aliphatic carbocycles. The van der Waals surface area contributed by atoms with Crippen LogP contribution in [0, 0.1) is 5.92 Å². The second-order valence-electron chi connectivity index (χ2n) is 7.54. The van der Waals surface area contributed by atoms with Gasteiger partial charge in [-0.25, -0.2) is 13.4 Å². The molecule has 0 saturated carbocycles. The van der Waals surface area contributed by atoms with Gasteiger partial charge >= 0.3 is 0 Å². The Morgan fingerprint density at radius 2 is 1.87 bits per heavy atom. The topological polar surface area (TPSA) is 74.7 Å². The smallest absolute Gasteiger partial charge is 0.243 e. The zero-order chi connectivity index (χ0) is 21.8. The standard InChI is InChI=1S/C22H23ClN4O2S2/c1-16-10-12-27(13-11-16)31(28,29)19-8-6-17(7-9-19)21-15-30-22(25-21)26-24-14-18-4-2-3-5-20(18)23/h2-9,14-16H,10-13H2,1H3,(H,25,26)/b24-14+. The maximum atomic E-state index is 12.9. The molecule has 162 valence electrons. The molecule has 0 radical (unpaired) electrons. The third-order valence-corrected chi connectivity index (χ3v) is 8.31. The van der Waals surface area contributed by atoms with Crippen molar-refractivity contribution in [1.82, 2.24) is 9.29 Å². The van der Waals surface area contributed by atoms with E-state index >= 15 is 0 Å². The first kappa shape index (κ1) is 22.0. The van der Waals surface area contributed by atoms with Gasteiger partial charge in [0.1, 0.15) is 0 Å². The van der Waals surface area contributed by atoms with Crippen LogP contribution in [0.15, 0.2) is 63.9 Å². The molecule has 31 heavy (non-hydrogen) atoms. The van der Waals surface area contributed by atoms with Crippen molar-refractivity contribution in [3.05, 3.63) is 64.5 Å². The molecule has 0 bridgehead atoms. The van der Waals surface area contributed by atoms with E-state index in [2.05, 4.69) is 22.4 Å². The highest BCUT2D eigenvalue weighted by atomic mass is 35.5. The van der Waals surface area contributed by atoms with Gasteiger partial charge in [-0.1, -0.05) is 48.9 Å². The summed E-state index contributed by atoms with van der Waals surface area (Å²) in [5.41, 5.74) is 5.33. The number of sulfonamides is 1. The second-order valence-corrected chi connectivity index (χ2v) is 10.7. The van der Waals surface area contributed by atoms with Crippen LogP contribution < -0.4 is 5.43 Å². The number of nitrogens with one attached hydrogen (secondary N) is 1. The quantitative estimate of drug-likeness (QED) is 0.387. The third kappa shape index (κ3) is 5.15. The summed E-state index contributed by atoms with van der Waals surface area (Å²) < 4.78 is 27.4. The molecule has 1 aliphatic heterocycles. The van der Waals surface area contributed by atoms with E-state index in [9.17, 15) is 8.42 Å². The van der Waals surface area contributed by atoms with E-state index in [1.807, 2.05) is 23.6 Å². The Labute approximate surface area is 191 Å². The number of rotatable bonds is 6. The molecular formula is C22H23ClN4O2S2. The van der Waals surface area contributed by atoms with Gasteiger partial charge in [0.15, 0.2) is 0 Å². The normalized spacial score (nSPS) is 16.1. The molecule has 4 rings (SSSR count). The summed E-state index contributed by atoms with van der Waals surface area (Å²) in [6, 6.07) is 14.3. The van der Waals surface area contributed by atoms with Crippen LogP contribution in [0.5, 0.6) is 0 Å². The maximum absolute atomic E-state index is 12.9. The lowest BCUT2D eigenvalue weighted by atomic mass is 10.0. The van der Waals surface area contributed by atoms with Gasteiger partial charge in [-0.15, -0.1) is 11.3 Å². The van der Waals surface area contributed by atoms with Crippen molar-refractivity contribution in [3.8, 4) is 11.3 Å². The molecule has 0 spiro atoms. The van der Waals surface area contributed by atoms with Gasteiger partial charge in [-0.3, -0.25) is 5.43 Å². The Kier molecular flexibility index (Phi) is 6.71. The van der Waals surface area contributed by atoms with Gasteiger partial charge in [-0.2, -0.15) is 9.41 Å². The highest BCUT2D eigenvalue weighted by molar-refractivity contribution is 7.89. The van der Waals surface area contributed by atoms with Gasteiger partial charge in [0.25, 0.3) is 0 Å². The molecule has 2 heterocycles. The zero-order valence-corrected chi connectivity index (χ0v) is 19.4. The second kappa shape index (κ2) is 9.48. The van der Waals surface area contributed by atoms with Gasteiger partial charge in [0.2, 0.25) is 15.2 Å². The van der Waals surface area contributed by atoms with E-state index in [0.717, 1.165) is 29.7 Å². The SMILES string of the molecule is CC1CCN(S(=O)(=O)c2ccc(-c3csc(N/N=C/c4ccccc4Cl)n3)cc2)CC1. The number of thiazole rings is 1. The number of hydrogen-bond donors (Lipinski definition) is 1. The minimum atomic E-state index is -3.45. The highest BCUT2D eigenvalue weighted by Gasteiger charge is 2.27. The van der Waals surface area contributed by atoms with E-state index in [1.54, 1.807) is 40.9 Å². The Bertz CT molecular complexity index is 1170. The minimum absolute atomic E-state index is 0.323. The van der Waals surface area contributed by atoms with Crippen LogP contribution in [0.1, 0.15) is 25.3 Å². The van der Waals surface area contributed by atoms with Crippen LogP contribution in [0.3, 0.4) is 0 Å². The molecule has 0 atom stereocenters. The summed E-state index contributed by atoms with van der Waals surface area (Å²) in [5.74, 6) is 0.579. The monoisotopic (exact) mass is 474 g/mol. The number of hydrogen-bond acceptors (Lipinski definition) is 6. The van der Waals surface area contributed by atoms with Crippen LogP contribution >= 0.6 is 22.9 Å². The summed E-state index contributed by atoms with van der Waals surface area (Å²) in [6.07, 6.45) is 3.46. The van der Waals surface area contributed by atoms with Gasteiger partial charge in [0, 0.05) is 34.6 Å². The summed E-state index contributed by atoms with van der Waals surface area (Å²) in [4.78, 5) is 4.85. The molecule has 1 aromatic heterocycles. The van der Waals surface area contributed by atoms with Crippen LogP contribution in [0.25, 0.3) is 11.3 Å². The minimum Gasteiger partial charge on any atom is -0.253 e. The van der Waals surface area contributed by atoms with E-state index in [1.165, 1.54) is 11.3 Å². The molecule has 6 nitrogen and oxygen atoms in total. The van der Waals surface area contributed by atoms with E-state index in [4.69, 9.17) is 11.6 Å². The maximum Gasteiger partial charge on any atom is 0.243 e. The van der Waals surface area contributed by atoms with Crippen molar-refractivity contribution in [2.75, 3.05) is 18.5 Å². The number of anilines is 1. The number of piperidine rings is 1. The molecule has 1 N–H and O–H groups in total. The molecule has 1 fully saturated rings. The summed E-state index contributed by atoms with van der Waals surface area (Å²) >= 11 is 7.53. The third-order valence-electron chi connectivity index (χ3n) is 5.30. The molecule has 9 heteroatoms. The van der Waals surface area contributed by atoms with E-state index in [0.29, 0.717) is 34.1 Å². The number of nitrogens with zero attached hydrogens (tertiary/aromatic N) is 3. The predicted octanol–water partition coefficient (Wildman–Crippen LogP) is 5.33. The van der Waals surface area contributed by atoms with Crippen LogP contribution in [0.4, 0.5) is 5.13 Å². The summed E-state index contributed by atoms with van der Waals surface area (Å²) in [5, 5.41) is 7.36. The first-order valence-corrected chi connectivity index (χ1v) is 12.7. The van der Waals surface area contributed by atoms with Crippen LogP contribution in [-0.4, -0.2) is 37.0 Å². The predicted molar refractivity (Wildman–Crippen MR) is 127 cm³/mol. The molecule has 0 amide bonds. The fourth-order valence-electron chi connectivity index (χ4n) is 3.37. The number of benzene rings is 2. The molecule has 1 aliphatic rings. The largest absolute Gasteiger partial charge is 0.253 e. The van der Waals surface area contributed by atoms with Crippen molar-refractivity contribution in [2.24, 2.45) is 11.0 Å². The summed E-state index contributed by atoms with van der Waals surface area (Å²) in [6.45, 7) is 3.33. The van der Waals surface area contributed by atoms with E-state index in [-0.39, 0.29) is 0 Å². The van der Waals surface area contributed by atoms with Gasteiger partial charge in [0.05, 0.1) is 16.8 Å². The number of hydrazone groups is 1. The fraction of sp³-hybridized carbons (Fsp3) is 0.273. The van der Waals surface area contributed by atoms with Crippen molar-refractivity contribution in [3.63, 3.8) is 0 Å². The number of halogens is 1. The highest BCUT2D eigenvalue weighted by Crippen LogP contribution is 2.28. The fourth-order valence-corrected chi connectivity index (χ4v) is 5.69. The zero-order valence-electron chi connectivity index (χ0n) is 17.0. The lowest BCUT2D eigenvalue weighted by Crippen LogP contribution is -2.37. The van der Waals surface area contributed by atoms with Gasteiger partial charge in [-0.05, 0) is 37.0 Å². The Hall–Kier alpha value is -2.26. The molecule has 1 saturated heterocycles. The van der Waals surface area contributed by atoms with Crippen molar-refractivity contribution < 1.29 is 8.42 Å². The lowest BCUT2D eigenvalue weighted by Gasteiger charge is -2.29. The van der Waals surface area contributed by atoms with Crippen molar-refractivity contribution in [1.29, 1.82) is 0 Å². The van der Waals surface area contributed by atoms with Crippen molar-refractivity contribution >= 4 is 44.3 Å². The van der Waals surface area contributed by atoms with Crippen molar-refractivity contribution in [2.45, 2.75) is 24.7 Å². The molecule has 0 unspecified atom stereocenters. The van der Waals surface area contributed by atoms with Gasteiger partial charge < -0.3 is 0 Å². The molecular weight excluding hydrogens is 452 g/mol. The average molecular weight is 475 g/mol.